The number of carbonyl (C=O) groups excluding carboxylic acids is 1. The summed E-state index contributed by atoms with van der Waals surface area (Å²) < 4.78 is 10.2. The summed E-state index contributed by atoms with van der Waals surface area (Å²) in [6, 6.07) is 21.4. The van der Waals surface area contributed by atoms with E-state index in [9.17, 15) is 15.0 Å². The maximum Gasteiger partial charge on any atom is 0.335 e. The first-order chi connectivity index (χ1) is 14.8. The molecule has 3 aromatic carbocycles. The summed E-state index contributed by atoms with van der Waals surface area (Å²) in [4.78, 5) is 10.9. The molecule has 5 heteroatoms. The first-order valence-electron chi connectivity index (χ1n) is 9.93. The number of phenols is 2. The highest BCUT2D eigenvalue weighted by molar-refractivity contribution is 5.83. The van der Waals surface area contributed by atoms with Gasteiger partial charge in [-0.1, -0.05) is 56.8 Å². The van der Waals surface area contributed by atoms with Gasteiger partial charge >= 0.3 is 5.97 Å². The fourth-order valence-electron chi connectivity index (χ4n) is 2.88. The molecule has 31 heavy (non-hydrogen) atoms. The third-order valence-electron chi connectivity index (χ3n) is 4.70. The minimum Gasteiger partial charge on any atom is -0.508 e. The topological polar surface area (TPSA) is 76.0 Å². The number of aromatic hydroxyl groups is 2. The number of benzene rings is 3. The van der Waals surface area contributed by atoms with Crippen LogP contribution in [0, 0.1) is 0 Å². The van der Waals surface area contributed by atoms with Gasteiger partial charge in [-0.2, -0.15) is 0 Å². The van der Waals surface area contributed by atoms with Crippen LogP contribution < -0.4 is 9.47 Å². The molecule has 162 valence electrons. The highest BCUT2D eigenvalue weighted by Crippen LogP contribution is 2.33. The second-order valence-corrected chi connectivity index (χ2v) is 7.22. The molecular formula is C26H28O5. The van der Waals surface area contributed by atoms with E-state index >= 15 is 0 Å². The molecule has 0 amide bonds. The van der Waals surface area contributed by atoms with Crippen molar-refractivity contribution in [2.45, 2.75) is 26.2 Å². The molecule has 5 nitrogen and oxygen atoms in total. The molecule has 3 rings (SSSR count). The van der Waals surface area contributed by atoms with Crippen molar-refractivity contribution in [1.29, 1.82) is 0 Å². The van der Waals surface area contributed by atoms with Crippen molar-refractivity contribution in [2.24, 2.45) is 0 Å². The molecule has 0 aliphatic heterocycles. The predicted molar refractivity (Wildman–Crippen MR) is 122 cm³/mol. The molecule has 3 aromatic rings. The minimum atomic E-state index is -0.489. The molecule has 0 unspecified atom stereocenters. The van der Waals surface area contributed by atoms with Gasteiger partial charge in [0, 0.05) is 11.5 Å². The van der Waals surface area contributed by atoms with Crippen LogP contribution >= 0.6 is 0 Å². The quantitative estimate of drug-likeness (QED) is 0.308. The van der Waals surface area contributed by atoms with Gasteiger partial charge in [0.05, 0.1) is 6.61 Å². The fraction of sp³-hybridized carbons (Fsp3) is 0.192. The molecule has 0 aromatic heterocycles. The second-order valence-electron chi connectivity index (χ2n) is 7.22. The van der Waals surface area contributed by atoms with Crippen LogP contribution in [-0.4, -0.2) is 22.8 Å². The first kappa shape index (κ1) is 23.5. The molecule has 2 N–H and O–H groups in total. The maximum absolute atomic E-state index is 10.9. The summed E-state index contributed by atoms with van der Waals surface area (Å²) in [7, 11) is 0. The van der Waals surface area contributed by atoms with E-state index in [-0.39, 0.29) is 16.9 Å². The zero-order chi connectivity index (χ0) is 22.9. The number of ether oxygens (including phenoxy) is 2. The van der Waals surface area contributed by atoms with Gasteiger partial charge in [-0.05, 0) is 54.4 Å². The Morgan fingerprint density at radius 2 is 1.32 bits per heavy atom. The Morgan fingerprint density at radius 1 is 0.871 bits per heavy atom. The van der Waals surface area contributed by atoms with E-state index < -0.39 is 5.97 Å². The minimum absolute atomic E-state index is 0.151. The van der Waals surface area contributed by atoms with Crippen molar-refractivity contribution in [3.63, 3.8) is 0 Å². The van der Waals surface area contributed by atoms with Gasteiger partial charge in [0.2, 0.25) is 0 Å². The second kappa shape index (κ2) is 10.9. The number of hydrogen-bond donors (Lipinski definition) is 2. The Morgan fingerprint density at radius 3 is 1.74 bits per heavy atom. The molecule has 0 aliphatic carbocycles. The predicted octanol–water partition coefficient (Wildman–Crippen LogP) is 5.60. The fourth-order valence-corrected chi connectivity index (χ4v) is 2.88. The van der Waals surface area contributed by atoms with Gasteiger partial charge in [0.1, 0.15) is 11.5 Å². The van der Waals surface area contributed by atoms with Crippen molar-refractivity contribution >= 4 is 5.97 Å². The Kier molecular flexibility index (Phi) is 8.26. The lowest BCUT2D eigenvalue weighted by Crippen LogP contribution is -2.18. The molecule has 0 bridgehead atoms. The van der Waals surface area contributed by atoms with Crippen LogP contribution in [0.4, 0.5) is 0 Å². The summed E-state index contributed by atoms with van der Waals surface area (Å²) in [6.07, 6.45) is 1.11. The largest absolute Gasteiger partial charge is 0.508 e. The smallest absolute Gasteiger partial charge is 0.335 e. The molecular weight excluding hydrogens is 392 g/mol. The van der Waals surface area contributed by atoms with Crippen LogP contribution in [0.25, 0.3) is 0 Å². The molecule has 0 aliphatic rings. The van der Waals surface area contributed by atoms with Crippen LogP contribution in [0.1, 0.15) is 31.9 Å². The van der Waals surface area contributed by atoms with Gasteiger partial charge < -0.3 is 19.7 Å². The number of esters is 1. The molecule has 0 saturated carbocycles. The summed E-state index contributed by atoms with van der Waals surface area (Å²) >= 11 is 0. The van der Waals surface area contributed by atoms with Crippen molar-refractivity contribution in [3.05, 3.63) is 96.6 Å². The van der Waals surface area contributed by atoms with Crippen molar-refractivity contribution in [2.75, 3.05) is 6.61 Å². The standard InChI is InChI=1S/C15H16O2.C11H12O3/c1-15(2,11-3-7-13(16)8-4-11)12-5-9-14(17)10-6-12;1-3-11(12)14-10-8-6-5-7-9(10)13-4-2/h3-10,16-17H,1-2H3;3,5-8H,1,4H2,2H3. The van der Waals surface area contributed by atoms with E-state index in [1.807, 2.05) is 37.3 Å². The third-order valence-corrected chi connectivity index (χ3v) is 4.70. The summed E-state index contributed by atoms with van der Waals surface area (Å²) in [6.45, 7) is 9.95. The zero-order valence-corrected chi connectivity index (χ0v) is 18.0. The molecule has 0 spiro atoms. The lowest BCUT2D eigenvalue weighted by Gasteiger charge is -2.26. The third kappa shape index (κ3) is 6.64. The SMILES string of the molecule is C=CC(=O)Oc1ccccc1OCC.CC(C)(c1ccc(O)cc1)c1ccc(O)cc1. The summed E-state index contributed by atoms with van der Waals surface area (Å²) in [5.74, 6) is 1.03. The molecule has 0 heterocycles. The Labute approximate surface area is 183 Å². The van der Waals surface area contributed by atoms with Crippen LogP contribution in [0.5, 0.6) is 23.0 Å². The van der Waals surface area contributed by atoms with Crippen molar-refractivity contribution in [1.82, 2.24) is 0 Å². The maximum atomic E-state index is 10.9. The summed E-state index contributed by atoms with van der Waals surface area (Å²) in [5, 5.41) is 18.6. The van der Waals surface area contributed by atoms with Crippen LogP contribution in [0.3, 0.4) is 0 Å². The van der Waals surface area contributed by atoms with Gasteiger partial charge in [-0.3, -0.25) is 0 Å². The number of phenolic OH excluding ortho intramolecular Hbond substituents is 2. The van der Waals surface area contributed by atoms with E-state index in [4.69, 9.17) is 9.47 Å². The lowest BCUT2D eigenvalue weighted by molar-refractivity contribution is -0.129. The van der Waals surface area contributed by atoms with Crippen LogP contribution in [0.2, 0.25) is 0 Å². The van der Waals surface area contributed by atoms with Gasteiger partial charge in [-0.25, -0.2) is 4.79 Å². The molecule has 0 atom stereocenters. The Balaban J connectivity index is 0.000000225. The average Bonchev–Trinajstić information content (AvgIpc) is 2.76. The highest BCUT2D eigenvalue weighted by Gasteiger charge is 2.22. The van der Waals surface area contributed by atoms with Gasteiger partial charge in [-0.15, -0.1) is 0 Å². The molecule has 0 fully saturated rings. The lowest BCUT2D eigenvalue weighted by atomic mass is 9.78. The molecule has 0 saturated heterocycles. The average molecular weight is 421 g/mol. The Hall–Kier alpha value is -3.73. The van der Waals surface area contributed by atoms with Crippen molar-refractivity contribution in [3.8, 4) is 23.0 Å². The van der Waals surface area contributed by atoms with Crippen LogP contribution in [-0.2, 0) is 10.2 Å². The number of hydrogen-bond acceptors (Lipinski definition) is 5. The molecule has 0 radical (unpaired) electrons. The zero-order valence-electron chi connectivity index (χ0n) is 18.0. The van der Waals surface area contributed by atoms with Crippen LogP contribution in [0.15, 0.2) is 85.5 Å². The number of rotatable bonds is 6. The van der Waals surface area contributed by atoms with Gasteiger partial charge in [0.25, 0.3) is 0 Å². The Bertz CT molecular complexity index is 942. The highest BCUT2D eigenvalue weighted by atomic mass is 16.6. The van der Waals surface area contributed by atoms with E-state index in [0.29, 0.717) is 18.1 Å². The normalized spacial score (nSPS) is 10.4. The van der Waals surface area contributed by atoms with Crippen molar-refractivity contribution < 1.29 is 24.5 Å². The number of para-hydroxylation sites is 2. The number of carbonyl (C=O) groups is 1. The van der Waals surface area contributed by atoms with E-state index in [2.05, 4.69) is 20.4 Å². The summed E-state index contributed by atoms with van der Waals surface area (Å²) in [5.41, 5.74) is 2.10. The van der Waals surface area contributed by atoms with E-state index in [0.717, 1.165) is 17.2 Å². The van der Waals surface area contributed by atoms with Gasteiger partial charge in [0.15, 0.2) is 11.5 Å². The van der Waals surface area contributed by atoms with E-state index in [1.54, 1.807) is 42.5 Å². The van der Waals surface area contributed by atoms with E-state index in [1.165, 1.54) is 0 Å². The monoisotopic (exact) mass is 420 g/mol. The first-order valence-corrected chi connectivity index (χ1v) is 9.93.